The number of esters is 1. The molecule has 0 unspecified atom stereocenters. The fraction of sp³-hybridized carbons (Fsp3) is 0.450. The normalized spacial score (nSPS) is 14.3. The van der Waals surface area contributed by atoms with Crippen LogP contribution in [0.25, 0.3) is 5.69 Å². The van der Waals surface area contributed by atoms with Gasteiger partial charge in [0.15, 0.2) is 0 Å². The summed E-state index contributed by atoms with van der Waals surface area (Å²) in [7, 11) is 1.55. The van der Waals surface area contributed by atoms with E-state index >= 15 is 0 Å². The number of thiocarbonyl (C=S) groups is 1. The number of Topliss-reactive ketones (excluding diaryl/α,β-unsaturated/α-hetero) is 1. The molecule has 3 rings (SSSR count). The van der Waals surface area contributed by atoms with Gasteiger partial charge in [0.25, 0.3) is 0 Å². The maximum absolute atomic E-state index is 12.8. The number of nitrogens with zero attached hydrogens (tertiary/aromatic N) is 2. The van der Waals surface area contributed by atoms with Crippen LogP contribution in [0.4, 0.5) is 0 Å². The second-order valence-electron chi connectivity index (χ2n) is 6.85. The molecule has 0 amide bonds. The number of ketones is 1. The number of ether oxygens (including phenoxy) is 2. The number of H-pyrrole nitrogens is 1. The first-order valence-electron chi connectivity index (χ1n) is 9.84. The highest BCUT2D eigenvalue weighted by atomic mass is 32.2. The molecule has 1 fully saturated rings. The van der Waals surface area contributed by atoms with Gasteiger partial charge >= 0.3 is 17.3 Å². The van der Waals surface area contributed by atoms with Gasteiger partial charge in [-0.15, -0.1) is 0 Å². The van der Waals surface area contributed by atoms with Crippen LogP contribution in [0.5, 0.6) is 5.75 Å². The zero-order valence-electron chi connectivity index (χ0n) is 17.3. The molecule has 1 aliphatic heterocycles. The van der Waals surface area contributed by atoms with Crippen LogP contribution >= 0.6 is 24.0 Å². The van der Waals surface area contributed by atoms with E-state index in [4.69, 9.17) is 26.2 Å². The second-order valence-corrected chi connectivity index (χ2v) is 8.46. The molecule has 2 aromatic rings. The van der Waals surface area contributed by atoms with Gasteiger partial charge in [-0.2, -0.15) is 0 Å². The van der Waals surface area contributed by atoms with Crippen molar-refractivity contribution in [2.75, 3.05) is 32.6 Å². The Hall–Kier alpha value is -2.66. The molecule has 1 aromatic heterocycles. The van der Waals surface area contributed by atoms with E-state index in [-0.39, 0.29) is 23.3 Å². The van der Waals surface area contributed by atoms with Crippen LogP contribution in [-0.4, -0.2) is 58.8 Å². The van der Waals surface area contributed by atoms with Crippen molar-refractivity contribution >= 4 is 40.1 Å². The van der Waals surface area contributed by atoms with E-state index in [1.807, 2.05) is 4.90 Å². The Bertz CT molecular complexity index is 993. The highest BCUT2D eigenvalue weighted by molar-refractivity contribution is 8.23. The number of nitrogens with one attached hydrogen (secondary N) is 1. The number of benzene rings is 1. The van der Waals surface area contributed by atoms with Gasteiger partial charge in [0.05, 0.1) is 25.4 Å². The summed E-state index contributed by atoms with van der Waals surface area (Å²) in [6, 6.07) is 6.83. The Morgan fingerprint density at radius 3 is 2.58 bits per heavy atom. The molecule has 0 spiro atoms. The molecular weight excluding hydrogens is 442 g/mol. The number of carbonyl (C=O) groups is 2. The maximum atomic E-state index is 12.8. The van der Waals surface area contributed by atoms with Gasteiger partial charge in [-0.05, 0) is 41.9 Å². The molecule has 0 bridgehead atoms. The lowest BCUT2D eigenvalue weighted by Crippen LogP contribution is -2.42. The molecule has 1 aliphatic rings. The van der Waals surface area contributed by atoms with E-state index in [9.17, 15) is 14.4 Å². The number of aromatic nitrogens is 2. The van der Waals surface area contributed by atoms with Gasteiger partial charge < -0.3 is 14.4 Å². The molecule has 9 nitrogen and oxygen atoms in total. The van der Waals surface area contributed by atoms with E-state index in [1.54, 1.807) is 38.3 Å². The van der Waals surface area contributed by atoms with Crippen molar-refractivity contribution in [3.8, 4) is 11.4 Å². The molecule has 0 atom stereocenters. The Labute approximate surface area is 188 Å². The minimum Gasteiger partial charge on any atom is -0.497 e. The summed E-state index contributed by atoms with van der Waals surface area (Å²) in [5, 5.41) is 2.46. The molecule has 0 radical (unpaired) electrons. The summed E-state index contributed by atoms with van der Waals surface area (Å²) >= 11 is 6.65. The van der Waals surface area contributed by atoms with Crippen molar-refractivity contribution in [2.45, 2.75) is 19.8 Å². The summed E-state index contributed by atoms with van der Waals surface area (Å²) in [6.45, 7) is 3.42. The molecule has 1 aromatic carbocycles. The molecule has 0 aliphatic carbocycles. The second kappa shape index (κ2) is 10.6. The van der Waals surface area contributed by atoms with Gasteiger partial charge in [0.1, 0.15) is 10.1 Å². The largest absolute Gasteiger partial charge is 0.497 e. The lowest BCUT2D eigenvalue weighted by atomic mass is 9.97. The Kier molecular flexibility index (Phi) is 7.85. The summed E-state index contributed by atoms with van der Waals surface area (Å²) in [5.41, 5.74) is -0.298. The molecule has 0 saturated carbocycles. The standard InChI is InChI=1S/C20H23N3O6S2/c1-3-28-18(25)13-8-10-22(11-9-13)20(30)31-12-16(24)17-19(26)29-21-23(17)14-4-6-15(27-2)7-5-14/h4-7,13H,3,8-12H2,1-2H3/p+1. The third-order valence-electron chi connectivity index (χ3n) is 4.94. The van der Waals surface area contributed by atoms with Crippen LogP contribution in [0.15, 0.2) is 33.6 Å². The molecular formula is C20H24N3O6S2+. The van der Waals surface area contributed by atoms with Crippen LogP contribution < -0.4 is 15.0 Å². The predicted octanol–water partition coefficient (Wildman–Crippen LogP) is 1.73. The highest BCUT2D eigenvalue weighted by Gasteiger charge is 2.32. The van der Waals surface area contributed by atoms with Gasteiger partial charge in [-0.1, -0.05) is 24.0 Å². The Balaban J connectivity index is 1.59. The lowest BCUT2D eigenvalue weighted by Gasteiger charge is -2.32. The molecule has 11 heteroatoms. The molecule has 2 heterocycles. The fourth-order valence-electron chi connectivity index (χ4n) is 3.27. The number of methoxy groups -OCH3 is 1. The van der Waals surface area contributed by atoms with Crippen LogP contribution in [0.3, 0.4) is 0 Å². The zero-order chi connectivity index (χ0) is 22.4. The van der Waals surface area contributed by atoms with Crippen LogP contribution in [0.1, 0.15) is 30.3 Å². The van der Waals surface area contributed by atoms with E-state index in [0.717, 1.165) is 0 Å². The number of hydrogen-bond acceptors (Lipinski definition) is 8. The first-order valence-corrected chi connectivity index (χ1v) is 11.2. The van der Waals surface area contributed by atoms with E-state index < -0.39 is 11.4 Å². The number of aromatic amines is 1. The number of carbonyl (C=O) groups excluding carboxylic acids is 2. The quantitative estimate of drug-likeness (QED) is 0.283. The van der Waals surface area contributed by atoms with Crippen molar-refractivity contribution in [2.24, 2.45) is 5.92 Å². The molecule has 1 saturated heterocycles. The number of hydrogen-bond donors (Lipinski definition) is 1. The van der Waals surface area contributed by atoms with Crippen LogP contribution in [0, 0.1) is 5.92 Å². The number of likely N-dealkylation sites (tertiary alicyclic amines) is 1. The summed E-state index contributed by atoms with van der Waals surface area (Å²) in [4.78, 5) is 38.7. The van der Waals surface area contributed by atoms with Gasteiger partial charge in [0.2, 0.25) is 11.5 Å². The molecule has 31 heavy (non-hydrogen) atoms. The zero-order valence-corrected chi connectivity index (χ0v) is 18.9. The third-order valence-corrected chi connectivity index (χ3v) is 6.46. The summed E-state index contributed by atoms with van der Waals surface area (Å²) in [5.74, 6) is -0.0397. The van der Waals surface area contributed by atoms with E-state index in [2.05, 4.69) is 5.27 Å². The fourth-order valence-corrected chi connectivity index (χ4v) is 4.38. The SMILES string of the molecule is CCOC(=O)C1CCN(C(=S)SCC(=O)c2c(=O)o[nH][n+]2-c2ccc(OC)cc2)CC1. The van der Waals surface area contributed by atoms with Crippen molar-refractivity contribution in [1.29, 1.82) is 0 Å². The van der Waals surface area contributed by atoms with Gasteiger partial charge in [0, 0.05) is 25.2 Å². The predicted molar refractivity (Wildman–Crippen MR) is 118 cm³/mol. The van der Waals surface area contributed by atoms with E-state index in [0.29, 0.717) is 48.3 Å². The summed E-state index contributed by atoms with van der Waals surface area (Å²) in [6.07, 6.45) is 1.32. The topological polar surface area (TPSA) is 106 Å². The summed E-state index contributed by atoms with van der Waals surface area (Å²) < 4.78 is 16.9. The van der Waals surface area contributed by atoms with Crippen molar-refractivity contribution in [1.82, 2.24) is 10.2 Å². The number of thioether (sulfide) groups is 1. The van der Waals surface area contributed by atoms with Crippen molar-refractivity contribution in [3.63, 3.8) is 0 Å². The molecule has 1 N–H and O–H groups in total. The first kappa shape index (κ1) is 23.0. The van der Waals surface area contributed by atoms with Gasteiger partial charge in [-0.25, -0.2) is 4.79 Å². The highest BCUT2D eigenvalue weighted by Crippen LogP contribution is 2.22. The average molecular weight is 467 g/mol. The smallest absolute Gasteiger partial charge is 0.438 e. The monoisotopic (exact) mass is 466 g/mol. The Morgan fingerprint density at radius 2 is 1.97 bits per heavy atom. The van der Waals surface area contributed by atoms with Crippen LogP contribution in [-0.2, 0) is 9.53 Å². The van der Waals surface area contributed by atoms with Crippen molar-refractivity contribution < 1.29 is 28.3 Å². The Morgan fingerprint density at radius 1 is 1.29 bits per heavy atom. The average Bonchev–Trinajstić information content (AvgIpc) is 3.19. The third kappa shape index (κ3) is 5.53. The minimum absolute atomic E-state index is 0.00456. The lowest BCUT2D eigenvalue weighted by molar-refractivity contribution is -0.672. The van der Waals surface area contributed by atoms with Gasteiger partial charge in [-0.3, -0.25) is 14.1 Å². The van der Waals surface area contributed by atoms with E-state index in [1.165, 1.54) is 16.4 Å². The molecule has 166 valence electrons. The van der Waals surface area contributed by atoms with Crippen molar-refractivity contribution in [3.05, 3.63) is 40.4 Å². The first-order chi connectivity index (χ1) is 14.9. The van der Waals surface area contributed by atoms with Crippen LogP contribution in [0.2, 0.25) is 0 Å². The number of piperidine rings is 1. The maximum Gasteiger partial charge on any atom is 0.438 e. The number of rotatable bonds is 7. The minimum atomic E-state index is -0.748.